The number of aryl methyl sites for hydroxylation is 1. The van der Waals surface area contributed by atoms with Gasteiger partial charge in [0.25, 0.3) is 0 Å². The van der Waals surface area contributed by atoms with Gasteiger partial charge in [-0.3, -0.25) is 0 Å². The number of rotatable bonds is 7. The van der Waals surface area contributed by atoms with Gasteiger partial charge < -0.3 is 4.98 Å². The third-order valence-electron chi connectivity index (χ3n) is 5.03. The average Bonchev–Trinajstić information content (AvgIpc) is 2.89. The van der Waals surface area contributed by atoms with E-state index in [1.165, 1.54) is 59.5 Å². The Bertz CT molecular complexity index is 815. The molecule has 0 aliphatic heterocycles. The average molecular weight is 386 g/mol. The van der Waals surface area contributed by atoms with Crippen LogP contribution in [0.15, 0.2) is 40.9 Å². The van der Waals surface area contributed by atoms with Crippen LogP contribution in [0, 0.1) is 11.8 Å². The number of hydrogen-bond acceptors (Lipinski definition) is 0. The van der Waals surface area contributed by atoms with Crippen LogP contribution in [0.5, 0.6) is 0 Å². The number of hydrogen-bond donors (Lipinski definition) is 1. The Morgan fingerprint density at radius 3 is 2.50 bits per heavy atom. The third-order valence-corrected chi connectivity index (χ3v) is 5.52. The predicted octanol–water partition coefficient (Wildman–Crippen LogP) is 7.48. The van der Waals surface area contributed by atoms with Crippen molar-refractivity contribution in [2.75, 3.05) is 0 Å². The Morgan fingerprint density at radius 2 is 1.71 bits per heavy atom. The van der Waals surface area contributed by atoms with Gasteiger partial charge in [-0.15, -0.1) is 0 Å². The number of benzene rings is 2. The summed E-state index contributed by atoms with van der Waals surface area (Å²) in [6.07, 6.45) is 6.57. The highest BCUT2D eigenvalue weighted by atomic mass is 79.9. The zero-order valence-corrected chi connectivity index (χ0v) is 16.6. The molecule has 1 unspecified atom stereocenters. The summed E-state index contributed by atoms with van der Waals surface area (Å²) in [5.74, 6) is 1.65. The smallest absolute Gasteiger partial charge is 0.0476 e. The molecule has 0 saturated heterocycles. The first kappa shape index (κ1) is 17.5. The van der Waals surface area contributed by atoms with Gasteiger partial charge in [0.15, 0.2) is 0 Å². The van der Waals surface area contributed by atoms with Crippen LogP contribution in [-0.4, -0.2) is 4.98 Å². The minimum atomic E-state index is 0.818. The number of aromatic amines is 1. The second-order valence-electron chi connectivity index (χ2n) is 7.66. The zero-order valence-electron chi connectivity index (χ0n) is 15.0. The first-order chi connectivity index (χ1) is 11.5. The molecule has 0 spiro atoms. The Balaban J connectivity index is 1.68. The van der Waals surface area contributed by atoms with Gasteiger partial charge in [0, 0.05) is 26.3 Å². The maximum Gasteiger partial charge on any atom is 0.0476 e. The first-order valence-corrected chi connectivity index (χ1v) is 10.0. The van der Waals surface area contributed by atoms with Gasteiger partial charge in [0.05, 0.1) is 0 Å². The van der Waals surface area contributed by atoms with Gasteiger partial charge in [-0.25, -0.2) is 0 Å². The van der Waals surface area contributed by atoms with Crippen LogP contribution in [0.25, 0.3) is 21.8 Å². The molecule has 0 radical (unpaired) electrons. The molecule has 0 amide bonds. The topological polar surface area (TPSA) is 15.8 Å². The molecular weight excluding hydrogens is 358 g/mol. The summed E-state index contributed by atoms with van der Waals surface area (Å²) < 4.78 is 1.12. The fourth-order valence-corrected chi connectivity index (χ4v) is 3.87. The van der Waals surface area contributed by atoms with E-state index in [4.69, 9.17) is 0 Å². The highest BCUT2D eigenvalue weighted by Gasteiger charge is 2.08. The predicted molar refractivity (Wildman–Crippen MR) is 110 cm³/mol. The van der Waals surface area contributed by atoms with Crippen molar-refractivity contribution in [2.24, 2.45) is 11.8 Å². The number of H-pyrrole nitrogens is 1. The lowest BCUT2D eigenvalue weighted by atomic mass is 9.94. The second-order valence-corrected chi connectivity index (χ2v) is 8.58. The summed E-state index contributed by atoms with van der Waals surface area (Å²) in [6, 6.07) is 13.4. The van der Waals surface area contributed by atoms with Crippen molar-refractivity contribution >= 4 is 37.7 Å². The number of aromatic nitrogens is 1. The molecule has 2 aromatic carbocycles. The summed E-state index contributed by atoms with van der Waals surface area (Å²) in [5.41, 5.74) is 3.90. The molecule has 24 heavy (non-hydrogen) atoms. The number of fused-ring (bicyclic) bond motifs is 3. The van der Waals surface area contributed by atoms with E-state index in [1.807, 2.05) is 0 Å². The van der Waals surface area contributed by atoms with Gasteiger partial charge in [-0.1, -0.05) is 68.1 Å². The summed E-state index contributed by atoms with van der Waals surface area (Å²) in [4.78, 5) is 3.52. The lowest BCUT2D eigenvalue weighted by molar-refractivity contribution is 0.437. The van der Waals surface area contributed by atoms with E-state index in [9.17, 15) is 0 Å². The van der Waals surface area contributed by atoms with Crippen LogP contribution in [0.3, 0.4) is 0 Å². The molecule has 1 N–H and O–H groups in total. The maximum atomic E-state index is 3.55. The molecule has 0 saturated carbocycles. The number of nitrogens with one attached hydrogen (secondary N) is 1. The highest BCUT2D eigenvalue weighted by molar-refractivity contribution is 9.10. The first-order valence-electron chi connectivity index (χ1n) is 9.23. The molecule has 0 bridgehead atoms. The van der Waals surface area contributed by atoms with E-state index in [2.05, 4.69) is 78.1 Å². The minimum absolute atomic E-state index is 0.818. The van der Waals surface area contributed by atoms with Crippen LogP contribution in [-0.2, 0) is 6.42 Å². The molecule has 128 valence electrons. The van der Waals surface area contributed by atoms with Crippen molar-refractivity contribution in [1.29, 1.82) is 0 Å². The van der Waals surface area contributed by atoms with E-state index in [0.717, 1.165) is 16.3 Å². The Labute approximate surface area is 154 Å². The molecule has 2 heteroatoms. The van der Waals surface area contributed by atoms with Gasteiger partial charge in [0.1, 0.15) is 0 Å². The minimum Gasteiger partial charge on any atom is -0.354 e. The summed E-state index contributed by atoms with van der Waals surface area (Å²) in [7, 11) is 0. The molecule has 3 rings (SSSR count). The lowest BCUT2D eigenvalue weighted by Gasteiger charge is -2.12. The fourth-order valence-electron chi connectivity index (χ4n) is 3.51. The van der Waals surface area contributed by atoms with E-state index in [1.54, 1.807) is 0 Å². The van der Waals surface area contributed by atoms with Gasteiger partial charge >= 0.3 is 0 Å². The molecule has 0 fully saturated rings. The van der Waals surface area contributed by atoms with Crippen LogP contribution in [0.2, 0.25) is 0 Å². The zero-order chi connectivity index (χ0) is 17.1. The molecule has 1 aromatic heterocycles. The quantitative estimate of drug-likeness (QED) is 0.433. The van der Waals surface area contributed by atoms with Crippen LogP contribution >= 0.6 is 15.9 Å². The van der Waals surface area contributed by atoms with Crippen molar-refractivity contribution < 1.29 is 0 Å². The molecule has 0 aliphatic carbocycles. The summed E-state index contributed by atoms with van der Waals surface area (Å²) >= 11 is 3.55. The summed E-state index contributed by atoms with van der Waals surface area (Å²) in [5, 5.41) is 2.67. The standard InChI is InChI=1S/C22H28BrN/c1-15(2)5-4-6-16(3)7-8-17-9-12-21-20(13-17)19-11-10-18(23)14-22(19)24-21/h9-16,24H,4-8H2,1-3H3. The van der Waals surface area contributed by atoms with Crippen molar-refractivity contribution in [3.8, 4) is 0 Å². The fraction of sp³-hybridized carbons (Fsp3) is 0.455. The normalized spacial score (nSPS) is 13.2. The van der Waals surface area contributed by atoms with Crippen molar-refractivity contribution in [2.45, 2.75) is 52.9 Å². The Morgan fingerprint density at radius 1 is 0.875 bits per heavy atom. The number of halogens is 1. The van der Waals surface area contributed by atoms with E-state index < -0.39 is 0 Å². The Hall–Kier alpha value is -1.28. The highest BCUT2D eigenvalue weighted by Crippen LogP contribution is 2.29. The Kier molecular flexibility index (Phi) is 5.65. The van der Waals surface area contributed by atoms with Crippen LogP contribution in [0.4, 0.5) is 0 Å². The SMILES string of the molecule is CC(C)CCCC(C)CCc1ccc2[nH]c3cc(Br)ccc3c2c1. The third kappa shape index (κ3) is 4.22. The summed E-state index contributed by atoms with van der Waals surface area (Å²) in [6.45, 7) is 7.04. The lowest BCUT2D eigenvalue weighted by Crippen LogP contribution is -1.99. The van der Waals surface area contributed by atoms with E-state index in [-0.39, 0.29) is 0 Å². The molecular formula is C22H28BrN. The monoisotopic (exact) mass is 385 g/mol. The molecule has 0 aliphatic rings. The second kappa shape index (κ2) is 7.74. The van der Waals surface area contributed by atoms with E-state index >= 15 is 0 Å². The van der Waals surface area contributed by atoms with Crippen molar-refractivity contribution in [3.05, 3.63) is 46.4 Å². The molecule has 1 atom stereocenters. The largest absolute Gasteiger partial charge is 0.354 e. The van der Waals surface area contributed by atoms with Crippen molar-refractivity contribution in [1.82, 2.24) is 4.98 Å². The van der Waals surface area contributed by atoms with Gasteiger partial charge in [-0.2, -0.15) is 0 Å². The molecule has 1 heterocycles. The van der Waals surface area contributed by atoms with Crippen molar-refractivity contribution in [3.63, 3.8) is 0 Å². The van der Waals surface area contributed by atoms with Gasteiger partial charge in [0.2, 0.25) is 0 Å². The molecule has 3 aromatic rings. The van der Waals surface area contributed by atoms with E-state index in [0.29, 0.717) is 0 Å². The van der Waals surface area contributed by atoms with Gasteiger partial charge in [-0.05, 0) is 54.5 Å². The van der Waals surface area contributed by atoms with Crippen LogP contribution in [0.1, 0.15) is 52.0 Å². The molecule has 1 nitrogen and oxygen atoms in total. The van der Waals surface area contributed by atoms with Crippen LogP contribution < -0.4 is 0 Å². The maximum absolute atomic E-state index is 3.55.